The van der Waals surface area contributed by atoms with Gasteiger partial charge in [0.1, 0.15) is 12.4 Å². The number of carbonyl (C=O) groups excluding carboxylic acids is 1. The highest BCUT2D eigenvalue weighted by atomic mass is 16.5. The van der Waals surface area contributed by atoms with Crippen LogP contribution in [0.2, 0.25) is 0 Å². The molecule has 1 amide bonds. The van der Waals surface area contributed by atoms with Crippen molar-refractivity contribution in [2.24, 2.45) is 7.05 Å². The molecular formula is C20H28N4O2. The van der Waals surface area contributed by atoms with Crippen molar-refractivity contribution in [2.75, 3.05) is 26.2 Å². The van der Waals surface area contributed by atoms with Crippen molar-refractivity contribution in [3.05, 3.63) is 47.8 Å². The van der Waals surface area contributed by atoms with Crippen LogP contribution in [0.1, 0.15) is 30.9 Å². The van der Waals surface area contributed by atoms with Crippen LogP contribution >= 0.6 is 0 Å². The summed E-state index contributed by atoms with van der Waals surface area (Å²) in [6.45, 7) is 6.41. The van der Waals surface area contributed by atoms with E-state index >= 15 is 0 Å². The van der Waals surface area contributed by atoms with Gasteiger partial charge in [0.15, 0.2) is 0 Å². The number of aromatic nitrogens is 2. The third-order valence-electron chi connectivity index (χ3n) is 4.76. The number of fused-ring (bicyclic) bond motifs is 1. The second kappa shape index (κ2) is 8.85. The van der Waals surface area contributed by atoms with Crippen molar-refractivity contribution in [2.45, 2.75) is 32.9 Å². The molecule has 0 atom stereocenters. The van der Waals surface area contributed by atoms with Gasteiger partial charge in [0.2, 0.25) is 5.91 Å². The third-order valence-corrected chi connectivity index (χ3v) is 4.76. The van der Waals surface area contributed by atoms with E-state index in [1.807, 2.05) is 47.1 Å². The smallest absolute Gasteiger partial charge is 0.219 e. The number of carbonyl (C=O) groups is 1. The van der Waals surface area contributed by atoms with E-state index in [-0.39, 0.29) is 5.91 Å². The average Bonchev–Trinajstić information content (AvgIpc) is 3.01. The third kappa shape index (κ3) is 5.08. The minimum absolute atomic E-state index is 0.115. The summed E-state index contributed by atoms with van der Waals surface area (Å²) in [7, 11) is 1.94. The zero-order valence-corrected chi connectivity index (χ0v) is 15.7. The van der Waals surface area contributed by atoms with Crippen molar-refractivity contribution in [1.82, 2.24) is 19.6 Å². The molecule has 1 aromatic heterocycles. The summed E-state index contributed by atoms with van der Waals surface area (Å²) in [5.74, 6) is 0.990. The van der Waals surface area contributed by atoms with Crippen LogP contribution in [0.3, 0.4) is 0 Å². The van der Waals surface area contributed by atoms with Crippen LogP contribution in [0.4, 0.5) is 0 Å². The molecule has 0 unspecified atom stereocenters. The van der Waals surface area contributed by atoms with Gasteiger partial charge in [-0.15, -0.1) is 0 Å². The number of hydrogen-bond acceptors (Lipinski definition) is 4. The molecule has 26 heavy (non-hydrogen) atoms. The summed E-state index contributed by atoms with van der Waals surface area (Å²) in [5.41, 5.74) is 2.28. The summed E-state index contributed by atoms with van der Waals surface area (Å²) in [5, 5.41) is 4.26. The minimum atomic E-state index is 0.115. The molecule has 1 aliphatic heterocycles. The number of para-hydroxylation sites is 1. The SMILES string of the molecule is CC(=O)N1CCCCN(Cc2cnn(C)c2)CCOc2ccccc2C1. The fraction of sp³-hybridized carbons (Fsp3) is 0.500. The summed E-state index contributed by atoms with van der Waals surface area (Å²) in [6.07, 6.45) is 6.05. The van der Waals surface area contributed by atoms with Gasteiger partial charge >= 0.3 is 0 Å². The highest BCUT2D eigenvalue weighted by molar-refractivity contribution is 5.73. The zero-order chi connectivity index (χ0) is 18.4. The molecule has 1 aliphatic rings. The first kappa shape index (κ1) is 18.5. The highest BCUT2D eigenvalue weighted by Gasteiger charge is 2.15. The van der Waals surface area contributed by atoms with Crippen molar-refractivity contribution in [1.29, 1.82) is 0 Å². The van der Waals surface area contributed by atoms with Crippen LogP contribution in [0.5, 0.6) is 5.75 Å². The maximum atomic E-state index is 12.0. The monoisotopic (exact) mass is 356 g/mol. The van der Waals surface area contributed by atoms with Gasteiger partial charge in [0.25, 0.3) is 0 Å². The van der Waals surface area contributed by atoms with Gasteiger partial charge < -0.3 is 9.64 Å². The first-order valence-electron chi connectivity index (χ1n) is 9.28. The molecule has 0 spiro atoms. The van der Waals surface area contributed by atoms with Crippen molar-refractivity contribution in [3.63, 3.8) is 0 Å². The van der Waals surface area contributed by atoms with Gasteiger partial charge in [-0.25, -0.2) is 0 Å². The molecular weight excluding hydrogens is 328 g/mol. The second-order valence-corrected chi connectivity index (χ2v) is 6.90. The van der Waals surface area contributed by atoms with E-state index in [4.69, 9.17) is 4.74 Å². The molecule has 2 aromatic rings. The molecule has 0 saturated heterocycles. The maximum Gasteiger partial charge on any atom is 0.219 e. The Morgan fingerprint density at radius 1 is 1.19 bits per heavy atom. The quantitative estimate of drug-likeness (QED) is 0.829. The number of ether oxygens (including phenoxy) is 1. The Labute approximate surface area is 155 Å². The molecule has 1 aromatic carbocycles. The van der Waals surface area contributed by atoms with Crippen LogP contribution in [0.25, 0.3) is 0 Å². The molecule has 0 saturated carbocycles. The molecule has 0 aliphatic carbocycles. The normalized spacial score (nSPS) is 16.9. The largest absolute Gasteiger partial charge is 0.492 e. The topological polar surface area (TPSA) is 50.6 Å². The molecule has 0 bridgehead atoms. The summed E-state index contributed by atoms with van der Waals surface area (Å²) < 4.78 is 7.90. The number of nitrogens with zero attached hydrogens (tertiary/aromatic N) is 4. The first-order valence-corrected chi connectivity index (χ1v) is 9.28. The van der Waals surface area contributed by atoms with Gasteiger partial charge in [-0.2, -0.15) is 5.10 Å². The summed E-state index contributed by atoms with van der Waals surface area (Å²) >= 11 is 0. The highest BCUT2D eigenvalue weighted by Crippen LogP contribution is 2.21. The fourth-order valence-electron chi connectivity index (χ4n) is 3.33. The first-order chi connectivity index (χ1) is 12.6. The molecule has 0 fully saturated rings. The number of rotatable bonds is 2. The van der Waals surface area contributed by atoms with Crippen LogP contribution in [0, 0.1) is 0 Å². The van der Waals surface area contributed by atoms with Crippen LogP contribution in [0.15, 0.2) is 36.7 Å². The van der Waals surface area contributed by atoms with Gasteiger partial charge in [0.05, 0.1) is 6.20 Å². The van der Waals surface area contributed by atoms with Crippen molar-refractivity contribution < 1.29 is 9.53 Å². The average molecular weight is 356 g/mol. The predicted molar refractivity (Wildman–Crippen MR) is 101 cm³/mol. The van der Waals surface area contributed by atoms with Crippen LogP contribution in [-0.2, 0) is 24.9 Å². The van der Waals surface area contributed by atoms with Gasteiger partial charge in [0, 0.05) is 57.5 Å². The van der Waals surface area contributed by atoms with E-state index in [2.05, 4.69) is 16.2 Å². The lowest BCUT2D eigenvalue weighted by molar-refractivity contribution is -0.129. The zero-order valence-electron chi connectivity index (χ0n) is 15.7. The van der Waals surface area contributed by atoms with E-state index < -0.39 is 0 Å². The predicted octanol–water partition coefficient (Wildman–Crippen LogP) is 2.44. The van der Waals surface area contributed by atoms with Crippen LogP contribution in [-0.4, -0.2) is 51.7 Å². The molecule has 0 radical (unpaired) electrons. The molecule has 140 valence electrons. The maximum absolute atomic E-state index is 12.0. The standard InChI is InChI=1S/C20H28N4O2/c1-17(25)24-10-6-5-9-23(15-18-13-21-22(2)14-18)11-12-26-20-8-4-3-7-19(20)16-24/h3-4,7-8,13-14H,5-6,9-12,15-16H2,1-2H3. The fourth-order valence-corrected chi connectivity index (χ4v) is 3.33. The number of amides is 1. The van der Waals surface area contributed by atoms with Gasteiger partial charge in [-0.3, -0.25) is 14.4 Å². The number of hydrogen-bond donors (Lipinski definition) is 0. The lowest BCUT2D eigenvalue weighted by atomic mass is 10.1. The Hall–Kier alpha value is -2.34. The van der Waals surface area contributed by atoms with E-state index in [0.29, 0.717) is 13.2 Å². The van der Waals surface area contributed by atoms with E-state index in [1.165, 1.54) is 5.56 Å². The number of benzene rings is 1. The van der Waals surface area contributed by atoms with Crippen molar-refractivity contribution in [3.8, 4) is 5.75 Å². The molecule has 6 heteroatoms. The van der Waals surface area contributed by atoms with E-state index in [9.17, 15) is 4.79 Å². The van der Waals surface area contributed by atoms with E-state index in [0.717, 1.165) is 50.3 Å². The minimum Gasteiger partial charge on any atom is -0.492 e. The summed E-state index contributed by atoms with van der Waals surface area (Å²) in [4.78, 5) is 16.3. The Balaban J connectivity index is 1.71. The lowest BCUT2D eigenvalue weighted by Gasteiger charge is -2.26. The lowest BCUT2D eigenvalue weighted by Crippen LogP contribution is -2.33. The summed E-state index contributed by atoms with van der Waals surface area (Å²) in [6, 6.07) is 8.02. The molecule has 6 nitrogen and oxygen atoms in total. The Bertz CT molecular complexity index is 728. The number of aryl methyl sites for hydroxylation is 1. The van der Waals surface area contributed by atoms with Gasteiger partial charge in [-0.1, -0.05) is 18.2 Å². The second-order valence-electron chi connectivity index (χ2n) is 6.90. The molecule has 0 N–H and O–H groups in total. The Kier molecular flexibility index (Phi) is 6.28. The molecule has 2 heterocycles. The Morgan fingerprint density at radius 2 is 2.00 bits per heavy atom. The van der Waals surface area contributed by atoms with Crippen molar-refractivity contribution >= 4 is 5.91 Å². The van der Waals surface area contributed by atoms with Crippen LogP contribution < -0.4 is 4.74 Å². The van der Waals surface area contributed by atoms with Gasteiger partial charge in [-0.05, 0) is 25.5 Å². The Morgan fingerprint density at radius 3 is 2.77 bits per heavy atom. The molecule has 3 rings (SSSR count). The van der Waals surface area contributed by atoms with E-state index in [1.54, 1.807) is 6.92 Å².